The third-order valence-corrected chi connectivity index (χ3v) is 7.39. The summed E-state index contributed by atoms with van der Waals surface area (Å²) in [5.41, 5.74) is 5.22. The second-order valence-corrected chi connectivity index (χ2v) is 9.00. The fourth-order valence-electron chi connectivity index (χ4n) is 5.52. The Hall–Kier alpha value is -1.64. The molecule has 1 N–H and O–H groups in total. The van der Waals surface area contributed by atoms with E-state index in [2.05, 4.69) is 64.8 Å². The Balaban J connectivity index is 1.05. The summed E-state index contributed by atoms with van der Waals surface area (Å²) >= 11 is 0. The van der Waals surface area contributed by atoms with Crippen LogP contribution in [0, 0.1) is 5.92 Å². The SMILES string of the molecule is c1ccc(CCN2CCC(CN[C@@H]3C[C@]34CCc3ccccc34)CC2)cc1. The zero-order valence-corrected chi connectivity index (χ0v) is 16.4. The Morgan fingerprint density at radius 2 is 1.74 bits per heavy atom. The number of hydrogen-bond donors (Lipinski definition) is 1. The molecule has 27 heavy (non-hydrogen) atoms. The first kappa shape index (κ1) is 17.5. The van der Waals surface area contributed by atoms with Crippen molar-refractivity contribution in [2.45, 2.75) is 50.0 Å². The smallest absolute Gasteiger partial charge is 0.0174 e. The number of benzene rings is 2. The van der Waals surface area contributed by atoms with Gasteiger partial charge < -0.3 is 10.2 Å². The standard InChI is InChI=1S/C25H32N2/c1-2-6-20(7-3-1)11-15-27-16-12-21(13-17-27)19-26-24-18-25(24)14-10-22-8-4-5-9-23(22)25/h1-9,21,24,26H,10-19H2/t24-,25+/m1/s1. The van der Waals surface area contributed by atoms with Gasteiger partial charge in [-0.2, -0.15) is 0 Å². The summed E-state index contributed by atoms with van der Waals surface area (Å²) in [7, 11) is 0. The van der Waals surface area contributed by atoms with Gasteiger partial charge in [0.25, 0.3) is 0 Å². The fourth-order valence-corrected chi connectivity index (χ4v) is 5.52. The van der Waals surface area contributed by atoms with Gasteiger partial charge >= 0.3 is 0 Å². The normalized spacial score (nSPS) is 27.8. The van der Waals surface area contributed by atoms with E-state index < -0.39 is 0 Å². The van der Waals surface area contributed by atoms with Crippen LogP contribution in [-0.4, -0.2) is 37.1 Å². The van der Waals surface area contributed by atoms with Crippen molar-refractivity contribution in [2.75, 3.05) is 26.2 Å². The van der Waals surface area contributed by atoms with Crippen LogP contribution in [0.25, 0.3) is 0 Å². The highest BCUT2D eigenvalue weighted by Gasteiger charge is 2.57. The summed E-state index contributed by atoms with van der Waals surface area (Å²) in [6, 6.07) is 20.8. The monoisotopic (exact) mass is 360 g/mol. The van der Waals surface area contributed by atoms with Gasteiger partial charge in [0, 0.05) is 18.0 Å². The largest absolute Gasteiger partial charge is 0.313 e. The maximum atomic E-state index is 3.95. The van der Waals surface area contributed by atoms with E-state index >= 15 is 0 Å². The molecule has 2 aromatic rings. The molecule has 2 aliphatic carbocycles. The first-order chi connectivity index (χ1) is 13.3. The Kier molecular flexibility index (Phi) is 4.79. The van der Waals surface area contributed by atoms with Crippen molar-refractivity contribution in [3.63, 3.8) is 0 Å². The zero-order valence-electron chi connectivity index (χ0n) is 16.4. The van der Waals surface area contributed by atoms with Crippen LogP contribution < -0.4 is 5.32 Å². The molecule has 1 saturated heterocycles. The van der Waals surface area contributed by atoms with Gasteiger partial charge in [-0.3, -0.25) is 0 Å². The molecule has 0 aromatic heterocycles. The maximum Gasteiger partial charge on any atom is 0.0174 e. The van der Waals surface area contributed by atoms with Crippen LogP contribution in [-0.2, 0) is 18.3 Å². The molecule has 1 saturated carbocycles. The average Bonchev–Trinajstić information content (AvgIpc) is 3.32. The van der Waals surface area contributed by atoms with E-state index in [1.807, 2.05) is 0 Å². The maximum absolute atomic E-state index is 3.95. The van der Waals surface area contributed by atoms with Crippen molar-refractivity contribution >= 4 is 0 Å². The van der Waals surface area contributed by atoms with Crippen LogP contribution in [0.3, 0.4) is 0 Å². The van der Waals surface area contributed by atoms with Crippen LogP contribution in [0.1, 0.15) is 42.4 Å². The molecular formula is C25H32N2. The minimum Gasteiger partial charge on any atom is -0.313 e. The molecule has 2 atom stereocenters. The topological polar surface area (TPSA) is 15.3 Å². The molecule has 3 aliphatic rings. The van der Waals surface area contributed by atoms with Crippen LogP contribution in [0.15, 0.2) is 54.6 Å². The average molecular weight is 361 g/mol. The first-order valence-corrected chi connectivity index (χ1v) is 10.9. The predicted molar refractivity (Wildman–Crippen MR) is 112 cm³/mol. The lowest BCUT2D eigenvalue weighted by Gasteiger charge is -2.32. The van der Waals surface area contributed by atoms with Crippen molar-refractivity contribution in [1.82, 2.24) is 10.2 Å². The molecule has 0 unspecified atom stereocenters. The van der Waals surface area contributed by atoms with Crippen LogP contribution in [0.4, 0.5) is 0 Å². The molecule has 0 radical (unpaired) electrons. The van der Waals surface area contributed by atoms with E-state index in [0.717, 1.165) is 12.0 Å². The number of nitrogens with one attached hydrogen (secondary N) is 1. The highest BCUT2D eigenvalue weighted by atomic mass is 15.1. The van der Waals surface area contributed by atoms with Gasteiger partial charge in [0.2, 0.25) is 0 Å². The third-order valence-electron chi connectivity index (χ3n) is 7.39. The van der Waals surface area contributed by atoms with E-state index in [4.69, 9.17) is 0 Å². The van der Waals surface area contributed by atoms with Crippen molar-refractivity contribution in [3.8, 4) is 0 Å². The van der Waals surface area contributed by atoms with Crippen LogP contribution in [0.2, 0.25) is 0 Å². The highest BCUT2D eigenvalue weighted by molar-refractivity contribution is 5.46. The summed E-state index contributed by atoms with van der Waals surface area (Å²) in [6.45, 7) is 4.99. The summed E-state index contributed by atoms with van der Waals surface area (Å²) in [5.74, 6) is 0.868. The van der Waals surface area contributed by atoms with Crippen LogP contribution >= 0.6 is 0 Å². The van der Waals surface area contributed by atoms with E-state index in [1.165, 1.54) is 70.3 Å². The second kappa shape index (κ2) is 7.41. The fraction of sp³-hybridized carbons (Fsp3) is 0.520. The molecule has 0 bridgehead atoms. The van der Waals surface area contributed by atoms with Gasteiger partial charge in [0.1, 0.15) is 0 Å². The lowest BCUT2D eigenvalue weighted by molar-refractivity contribution is 0.183. The minimum absolute atomic E-state index is 0.493. The molecule has 5 rings (SSSR count). The summed E-state index contributed by atoms with van der Waals surface area (Å²) in [4.78, 5) is 2.66. The van der Waals surface area contributed by atoms with E-state index in [-0.39, 0.29) is 0 Å². The Labute approximate surface area is 164 Å². The number of fused-ring (bicyclic) bond motifs is 2. The predicted octanol–water partition coefficient (Wildman–Crippen LogP) is 4.19. The van der Waals surface area contributed by atoms with Crippen molar-refractivity contribution in [2.24, 2.45) is 5.92 Å². The van der Waals surface area contributed by atoms with Gasteiger partial charge in [0.05, 0.1) is 0 Å². The van der Waals surface area contributed by atoms with Crippen molar-refractivity contribution in [1.29, 1.82) is 0 Å². The molecule has 1 spiro atoms. The molecular weight excluding hydrogens is 328 g/mol. The molecule has 142 valence electrons. The van der Waals surface area contributed by atoms with Gasteiger partial charge in [-0.05, 0) is 80.8 Å². The molecule has 2 aromatic carbocycles. The summed E-state index contributed by atoms with van der Waals surface area (Å²) < 4.78 is 0. The highest BCUT2D eigenvalue weighted by Crippen LogP contribution is 2.56. The Morgan fingerprint density at radius 1 is 0.963 bits per heavy atom. The van der Waals surface area contributed by atoms with E-state index in [9.17, 15) is 0 Å². The first-order valence-electron chi connectivity index (χ1n) is 10.9. The summed E-state index contributed by atoms with van der Waals surface area (Å²) in [5, 5.41) is 3.95. The minimum atomic E-state index is 0.493. The second-order valence-electron chi connectivity index (χ2n) is 9.00. The quantitative estimate of drug-likeness (QED) is 0.831. The lowest BCUT2D eigenvalue weighted by atomic mass is 9.95. The molecule has 2 nitrogen and oxygen atoms in total. The number of aryl methyl sites for hydroxylation is 1. The zero-order chi connectivity index (χ0) is 18.1. The number of hydrogen-bond acceptors (Lipinski definition) is 2. The van der Waals surface area contributed by atoms with Gasteiger partial charge in [-0.1, -0.05) is 54.6 Å². The number of likely N-dealkylation sites (tertiary alicyclic amines) is 1. The molecule has 2 fully saturated rings. The van der Waals surface area contributed by atoms with E-state index in [1.54, 1.807) is 11.1 Å². The lowest BCUT2D eigenvalue weighted by Crippen LogP contribution is -2.39. The number of rotatable bonds is 6. The number of piperidine rings is 1. The molecule has 0 amide bonds. The van der Waals surface area contributed by atoms with Gasteiger partial charge in [-0.15, -0.1) is 0 Å². The van der Waals surface area contributed by atoms with E-state index in [0.29, 0.717) is 5.41 Å². The Morgan fingerprint density at radius 3 is 2.59 bits per heavy atom. The Bertz CT molecular complexity index is 763. The molecule has 2 heteroatoms. The van der Waals surface area contributed by atoms with Crippen molar-refractivity contribution in [3.05, 3.63) is 71.3 Å². The number of nitrogens with zero attached hydrogens (tertiary/aromatic N) is 1. The molecule has 1 heterocycles. The summed E-state index contributed by atoms with van der Waals surface area (Å²) in [6.07, 6.45) is 7.92. The third kappa shape index (κ3) is 3.58. The van der Waals surface area contributed by atoms with Crippen LogP contribution in [0.5, 0.6) is 0 Å². The van der Waals surface area contributed by atoms with Gasteiger partial charge in [0.15, 0.2) is 0 Å². The van der Waals surface area contributed by atoms with Crippen molar-refractivity contribution < 1.29 is 0 Å². The molecule has 1 aliphatic heterocycles. The van der Waals surface area contributed by atoms with Gasteiger partial charge in [-0.25, -0.2) is 0 Å².